The number of hydrogen-bond acceptors (Lipinski definition) is 3. The first-order valence-corrected chi connectivity index (χ1v) is 6.18. The predicted molar refractivity (Wildman–Crippen MR) is 70.2 cm³/mol. The third-order valence-electron chi connectivity index (χ3n) is 1.34. The number of ether oxygens (including phenoxy) is 1. The van der Waals surface area contributed by atoms with Crippen LogP contribution in [0.4, 0.5) is 0 Å². The highest BCUT2D eigenvalue weighted by Gasteiger charge is 2.14. The van der Waals surface area contributed by atoms with Crippen molar-refractivity contribution in [3.8, 4) is 0 Å². The number of carbonyl (C=O) groups is 1. The fraction of sp³-hybridized carbons (Fsp3) is 0.333. The van der Waals surface area contributed by atoms with E-state index in [0.717, 1.165) is 7.14 Å². The van der Waals surface area contributed by atoms with E-state index in [4.69, 9.17) is 4.74 Å². The second kappa shape index (κ2) is 5.24. The fourth-order valence-electron chi connectivity index (χ4n) is 0.835. The van der Waals surface area contributed by atoms with E-state index in [2.05, 4.69) is 50.2 Å². The highest BCUT2D eigenvalue weighted by molar-refractivity contribution is 14.1. The van der Waals surface area contributed by atoms with Gasteiger partial charge in [-0.3, -0.25) is 0 Å². The Labute approximate surface area is 110 Å². The van der Waals surface area contributed by atoms with E-state index in [1.807, 2.05) is 19.9 Å². The van der Waals surface area contributed by atoms with Crippen molar-refractivity contribution < 1.29 is 9.53 Å². The van der Waals surface area contributed by atoms with Gasteiger partial charge in [0.05, 0.1) is 6.10 Å². The van der Waals surface area contributed by atoms with E-state index in [0.29, 0.717) is 5.69 Å². The van der Waals surface area contributed by atoms with Gasteiger partial charge in [0.15, 0.2) is 5.69 Å². The van der Waals surface area contributed by atoms with Crippen molar-refractivity contribution in [3.63, 3.8) is 0 Å². The predicted octanol–water partition coefficient (Wildman–Crippen LogP) is 2.86. The molecule has 0 unspecified atom stereocenters. The van der Waals surface area contributed by atoms with E-state index >= 15 is 0 Å². The van der Waals surface area contributed by atoms with E-state index in [1.165, 1.54) is 0 Å². The number of halogens is 2. The number of pyridine rings is 1. The molecule has 76 valence electrons. The normalized spacial score (nSPS) is 10.4. The molecule has 0 amide bonds. The van der Waals surface area contributed by atoms with Crippen molar-refractivity contribution in [2.75, 3.05) is 0 Å². The molecule has 0 aliphatic heterocycles. The van der Waals surface area contributed by atoms with Crippen molar-refractivity contribution in [1.82, 2.24) is 4.98 Å². The molecule has 0 atom stereocenters. The zero-order chi connectivity index (χ0) is 10.7. The molecule has 0 aliphatic carbocycles. The summed E-state index contributed by atoms with van der Waals surface area (Å²) in [5.41, 5.74) is 0.389. The maximum atomic E-state index is 11.5. The Morgan fingerprint density at radius 2 is 2.14 bits per heavy atom. The average molecular weight is 417 g/mol. The van der Waals surface area contributed by atoms with Gasteiger partial charge in [-0.1, -0.05) is 0 Å². The van der Waals surface area contributed by atoms with Crippen LogP contribution in [0.5, 0.6) is 0 Å². The molecular formula is C9H9I2NO2. The molecule has 0 aliphatic rings. The molecule has 14 heavy (non-hydrogen) atoms. The number of rotatable bonds is 2. The summed E-state index contributed by atoms with van der Waals surface area (Å²) in [6.07, 6.45) is 1.54. The van der Waals surface area contributed by atoms with Gasteiger partial charge in [0.2, 0.25) is 0 Å². The van der Waals surface area contributed by atoms with Gasteiger partial charge in [0.25, 0.3) is 0 Å². The van der Waals surface area contributed by atoms with Crippen LogP contribution in [0.25, 0.3) is 0 Å². The van der Waals surface area contributed by atoms with Crippen LogP contribution in [0.15, 0.2) is 12.3 Å². The fourth-order valence-corrected chi connectivity index (χ4v) is 2.58. The van der Waals surface area contributed by atoms with Gasteiger partial charge < -0.3 is 4.74 Å². The minimum atomic E-state index is -0.360. The van der Waals surface area contributed by atoms with Gasteiger partial charge in [-0.15, -0.1) is 0 Å². The van der Waals surface area contributed by atoms with Gasteiger partial charge in [0, 0.05) is 13.3 Å². The summed E-state index contributed by atoms with van der Waals surface area (Å²) in [6.45, 7) is 3.63. The van der Waals surface area contributed by atoms with Crippen molar-refractivity contribution >= 4 is 51.2 Å². The van der Waals surface area contributed by atoms with Gasteiger partial charge in [-0.25, -0.2) is 9.78 Å². The van der Waals surface area contributed by atoms with Crippen LogP contribution in [-0.2, 0) is 4.74 Å². The summed E-state index contributed by atoms with van der Waals surface area (Å²) in [5.74, 6) is -0.360. The van der Waals surface area contributed by atoms with Crippen molar-refractivity contribution in [2.24, 2.45) is 0 Å². The zero-order valence-corrected chi connectivity index (χ0v) is 12.1. The number of carbonyl (C=O) groups excluding carboxylic acids is 1. The molecule has 0 bridgehead atoms. The number of hydrogen-bond donors (Lipinski definition) is 0. The summed E-state index contributed by atoms with van der Waals surface area (Å²) < 4.78 is 6.88. The van der Waals surface area contributed by atoms with Crippen molar-refractivity contribution in [1.29, 1.82) is 0 Å². The third kappa shape index (κ3) is 3.34. The first-order valence-electron chi connectivity index (χ1n) is 4.02. The Balaban J connectivity index is 2.90. The summed E-state index contributed by atoms with van der Waals surface area (Å²) in [4.78, 5) is 15.5. The number of esters is 1. The smallest absolute Gasteiger partial charge is 0.358 e. The van der Waals surface area contributed by atoms with Crippen LogP contribution in [0.3, 0.4) is 0 Å². The molecule has 5 heteroatoms. The summed E-state index contributed by atoms with van der Waals surface area (Å²) in [5, 5.41) is 0. The van der Waals surface area contributed by atoms with Crippen LogP contribution in [-0.4, -0.2) is 17.1 Å². The lowest BCUT2D eigenvalue weighted by molar-refractivity contribution is 0.0369. The second-order valence-electron chi connectivity index (χ2n) is 2.94. The molecular weight excluding hydrogens is 408 g/mol. The molecule has 0 N–H and O–H groups in total. The molecule has 0 fully saturated rings. The van der Waals surface area contributed by atoms with Crippen LogP contribution < -0.4 is 0 Å². The average Bonchev–Trinajstić information content (AvgIpc) is 2.01. The Bertz CT molecular complexity index is 353. The van der Waals surface area contributed by atoms with Gasteiger partial charge in [-0.2, -0.15) is 0 Å². The van der Waals surface area contributed by atoms with Gasteiger partial charge in [0.1, 0.15) is 0 Å². The van der Waals surface area contributed by atoms with Crippen molar-refractivity contribution in [2.45, 2.75) is 20.0 Å². The summed E-state index contributed by atoms with van der Waals surface area (Å²) >= 11 is 4.23. The summed E-state index contributed by atoms with van der Waals surface area (Å²) in [6, 6.07) is 1.89. The van der Waals surface area contributed by atoms with Gasteiger partial charge in [-0.05, 0) is 65.1 Å². The first kappa shape index (κ1) is 12.2. The lowest BCUT2D eigenvalue weighted by Gasteiger charge is -2.08. The molecule has 0 saturated heterocycles. The van der Waals surface area contributed by atoms with E-state index in [-0.39, 0.29) is 12.1 Å². The van der Waals surface area contributed by atoms with Crippen LogP contribution >= 0.6 is 45.2 Å². The third-order valence-corrected chi connectivity index (χ3v) is 2.76. The zero-order valence-electron chi connectivity index (χ0n) is 7.75. The Kier molecular flexibility index (Phi) is 4.55. The molecule has 1 aromatic heterocycles. The molecule has 3 nitrogen and oxygen atoms in total. The van der Waals surface area contributed by atoms with Crippen LogP contribution in [0.2, 0.25) is 0 Å². The molecule has 1 heterocycles. The molecule has 0 saturated carbocycles. The second-order valence-corrected chi connectivity index (χ2v) is 5.35. The number of aromatic nitrogens is 1. The molecule has 0 spiro atoms. The van der Waals surface area contributed by atoms with Gasteiger partial charge >= 0.3 is 5.97 Å². The summed E-state index contributed by atoms with van der Waals surface area (Å²) in [7, 11) is 0. The Morgan fingerprint density at radius 3 is 2.64 bits per heavy atom. The standard InChI is InChI=1S/C9H9I2NO2/c1-5(2)14-9(13)8-7(11)3-6(10)4-12-8/h3-5H,1-2H3. The lowest BCUT2D eigenvalue weighted by atomic mass is 10.3. The quantitative estimate of drug-likeness (QED) is 0.549. The maximum Gasteiger partial charge on any atom is 0.358 e. The highest BCUT2D eigenvalue weighted by atomic mass is 127. The largest absolute Gasteiger partial charge is 0.458 e. The van der Waals surface area contributed by atoms with Crippen molar-refractivity contribution in [3.05, 3.63) is 25.1 Å². The number of nitrogens with zero attached hydrogens (tertiary/aromatic N) is 1. The lowest BCUT2D eigenvalue weighted by Crippen LogP contribution is -2.14. The Hall–Kier alpha value is 0.0800. The molecule has 0 radical (unpaired) electrons. The maximum absolute atomic E-state index is 11.5. The molecule has 1 rings (SSSR count). The SMILES string of the molecule is CC(C)OC(=O)c1ncc(I)cc1I. The van der Waals surface area contributed by atoms with Crippen LogP contribution in [0, 0.1) is 7.14 Å². The Morgan fingerprint density at radius 1 is 1.50 bits per heavy atom. The molecule has 0 aromatic carbocycles. The molecule has 1 aromatic rings. The monoisotopic (exact) mass is 417 g/mol. The topological polar surface area (TPSA) is 39.2 Å². The first-order chi connectivity index (χ1) is 6.50. The minimum Gasteiger partial charge on any atom is -0.458 e. The highest BCUT2D eigenvalue weighted by Crippen LogP contribution is 2.14. The van der Waals surface area contributed by atoms with E-state index in [1.54, 1.807) is 6.20 Å². The minimum absolute atomic E-state index is 0.112. The van der Waals surface area contributed by atoms with Crippen LogP contribution in [0.1, 0.15) is 24.3 Å². The van der Waals surface area contributed by atoms with E-state index < -0.39 is 0 Å². The van der Waals surface area contributed by atoms with E-state index in [9.17, 15) is 4.79 Å².